The molecule has 1 aliphatic rings. The molecule has 0 heterocycles. The third-order valence-electron chi connectivity index (χ3n) is 6.37. The van der Waals surface area contributed by atoms with E-state index in [1.54, 1.807) is 0 Å². The monoisotopic (exact) mass is 619 g/mol. The minimum absolute atomic E-state index is 0.273. The SMILES string of the molecule is C[N+](C)(C)CCO.O=C(/C=C/c1ccc(O)c(O)c1)OC1CC(OC(=O)/C=C/c2ccc(O)c(O)c2)(C(=O)[O-])CC(O)C1O. The molecule has 7 N–H and O–H groups in total. The number of carbonyl (C=O) groups is 3. The van der Waals surface area contributed by atoms with Crippen LogP contribution in [-0.2, 0) is 23.9 Å². The number of rotatable bonds is 9. The number of quaternary nitrogens is 1. The van der Waals surface area contributed by atoms with Crippen LogP contribution < -0.4 is 5.11 Å². The number of hydrogen-bond donors (Lipinski definition) is 7. The zero-order chi connectivity index (χ0) is 33.2. The summed E-state index contributed by atoms with van der Waals surface area (Å²) in [4.78, 5) is 36.6. The number of aliphatic hydroxyl groups is 3. The van der Waals surface area contributed by atoms with Gasteiger partial charge in [0.15, 0.2) is 28.6 Å². The Labute approximate surface area is 253 Å². The van der Waals surface area contributed by atoms with Gasteiger partial charge < -0.3 is 59.6 Å². The van der Waals surface area contributed by atoms with Crippen LogP contribution in [0.1, 0.15) is 24.0 Å². The van der Waals surface area contributed by atoms with E-state index in [-0.39, 0.29) is 23.7 Å². The number of aromatic hydroxyl groups is 4. The van der Waals surface area contributed by atoms with Crippen LogP contribution in [0.15, 0.2) is 48.6 Å². The number of phenolic OH excluding ortho intramolecular Hbond substituents is 4. The van der Waals surface area contributed by atoms with E-state index in [2.05, 4.69) is 21.1 Å². The molecule has 14 heteroatoms. The van der Waals surface area contributed by atoms with Crippen LogP contribution in [0.4, 0.5) is 0 Å². The highest BCUT2D eigenvalue weighted by Gasteiger charge is 2.50. The fraction of sp³-hybridized carbons (Fsp3) is 0.367. The van der Waals surface area contributed by atoms with Crippen LogP contribution in [0, 0.1) is 0 Å². The summed E-state index contributed by atoms with van der Waals surface area (Å²) < 4.78 is 11.0. The van der Waals surface area contributed by atoms with Crippen LogP contribution in [0.5, 0.6) is 23.0 Å². The smallest absolute Gasteiger partial charge is 0.331 e. The highest BCUT2D eigenvalue weighted by atomic mass is 16.6. The predicted molar refractivity (Wildman–Crippen MR) is 153 cm³/mol. The Morgan fingerprint density at radius 2 is 1.36 bits per heavy atom. The number of aliphatic carboxylic acids is 1. The number of ether oxygens (including phenoxy) is 2. The van der Waals surface area contributed by atoms with E-state index >= 15 is 0 Å². The largest absolute Gasteiger partial charge is 0.546 e. The maximum atomic E-state index is 12.4. The zero-order valence-corrected chi connectivity index (χ0v) is 24.4. The molecular weight excluding hydrogens is 582 g/mol. The van der Waals surface area contributed by atoms with Crippen molar-refractivity contribution in [1.82, 2.24) is 0 Å². The minimum atomic E-state index is -2.45. The number of phenols is 4. The first kappa shape index (κ1) is 35.6. The molecule has 1 saturated carbocycles. The summed E-state index contributed by atoms with van der Waals surface area (Å²) in [5.41, 5.74) is -1.87. The molecule has 0 radical (unpaired) electrons. The van der Waals surface area contributed by atoms with Crippen molar-refractivity contribution in [3.63, 3.8) is 0 Å². The Hall–Kier alpha value is -4.63. The highest BCUT2D eigenvalue weighted by Crippen LogP contribution is 2.35. The van der Waals surface area contributed by atoms with Crippen molar-refractivity contribution in [2.75, 3.05) is 34.3 Å². The topological polar surface area (TPSA) is 234 Å². The molecule has 2 aromatic rings. The van der Waals surface area contributed by atoms with Gasteiger partial charge in [0, 0.05) is 25.0 Å². The van der Waals surface area contributed by atoms with E-state index < -0.39 is 66.2 Å². The number of aliphatic hydroxyl groups excluding tert-OH is 3. The van der Waals surface area contributed by atoms with Crippen molar-refractivity contribution in [1.29, 1.82) is 0 Å². The van der Waals surface area contributed by atoms with Crippen LogP contribution in [-0.4, -0.2) is 116 Å². The van der Waals surface area contributed by atoms with Gasteiger partial charge in [-0.25, -0.2) is 9.59 Å². The summed E-state index contributed by atoms with van der Waals surface area (Å²) in [5.74, 6) is -5.75. The second-order valence-corrected chi connectivity index (χ2v) is 11.0. The van der Waals surface area contributed by atoms with E-state index in [1.165, 1.54) is 36.4 Å². The van der Waals surface area contributed by atoms with Crippen molar-refractivity contribution in [2.45, 2.75) is 36.8 Å². The molecular formula is C30H37NO13. The van der Waals surface area contributed by atoms with Crippen molar-refractivity contribution in [3.8, 4) is 23.0 Å². The van der Waals surface area contributed by atoms with Gasteiger partial charge in [-0.05, 0) is 47.5 Å². The van der Waals surface area contributed by atoms with Gasteiger partial charge in [-0.15, -0.1) is 0 Å². The first-order valence-electron chi connectivity index (χ1n) is 13.3. The Bertz CT molecular complexity index is 1380. The van der Waals surface area contributed by atoms with E-state index in [9.17, 15) is 50.1 Å². The number of carbonyl (C=O) groups excluding carboxylic acids is 3. The molecule has 4 atom stereocenters. The lowest BCUT2D eigenvalue weighted by molar-refractivity contribution is -0.870. The first-order chi connectivity index (χ1) is 20.5. The highest BCUT2D eigenvalue weighted by molar-refractivity contribution is 5.90. The van der Waals surface area contributed by atoms with Crippen molar-refractivity contribution in [3.05, 3.63) is 59.7 Å². The number of likely N-dealkylation sites (N-methyl/N-ethyl adjacent to an activating group) is 1. The predicted octanol–water partition coefficient (Wildman–Crippen LogP) is -0.620. The summed E-state index contributed by atoms with van der Waals surface area (Å²) in [5, 5.41) is 78.5. The molecule has 4 unspecified atom stereocenters. The molecule has 3 rings (SSSR count). The Morgan fingerprint density at radius 1 is 0.864 bits per heavy atom. The fourth-order valence-electron chi connectivity index (χ4n) is 3.97. The lowest BCUT2D eigenvalue weighted by atomic mass is 9.79. The number of carboxylic acid groups (broad SMARTS) is 1. The second-order valence-electron chi connectivity index (χ2n) is 11.0. The van der Waals surface area contributed by atoms with E-state index in [0.29, 0.717) is 5.56 Å². The lowest BCUT2D eigenvalue weighted by Crippen LogP contribution is -2.62. The molecule has 14 nitrogen and oxygen atoms in total. The molecule has 1 aliphatic carbocycles. The van der Waals surface area contributed by atoms with Gasteiger partial charge in [-0.1, -0.05) is 12.1 Å². The van der Waals surface area contributed by atoms with Gasteiger partial charge in [0.2, 0.25) is 0 Å². The van der Waals surface area contributed by atoms with Crippen LogP contribution >= 0.6 is 0 Å². The summed E-state index contributed by atoms with van der Waals surface area (Å²) >= 11 is 0. The van der Waals surface area contributed by atoms with Gasteiger partial charge >= 0.3 is 11.9 Å². The van der Waals surface area contributed by atoms with Gasteiger partial charge in [-0.2, -0.15) is 0 Å². The Balaban J connectivity index is 0.000000860. The number of nitrogens with zero attached hydrogens (tertiary/aromatic N) is 1. The zero-order valence-electron chi connectivity index (χ0n) is 24.4. The second kappa shape index (κ2) is 15.2. The molecule has 0 saturated heterocycles. The fourth-order valence-corrected chi connectivity index (χ4v) is 3.97. The third kappa shape index (κ3) is 10.6. The van der Waals surface area contributed by atoms with Crippen molar-refractivity contribution < 1.29 is 69.2 Å². The first-order valence-corrected chi connectivity index (χ1v) is 13.3. The van der Waals surface area contributed by atoms with Crippen LogP contribution in [0.2, 0.25) is 0 Å². The molecule has 0 bridgehead atoms. The number of hydrogen-bond acceptors (Lipinski definition) is 13. The van der Waals surface area contributed by atoms with Gasteiger partial charge in [0.1, 0.15) is 18.8 Å². The maximum Gasteiger partial charge on any atom is 0.331 e. The maximum absolute atomic E-state index is 12.4. The Kier molecular flexibility index (Phi) is 12.3. The third-order valence-corrected chi connectivity index (χ3v) is 6.37. The molecule has 2 aromatic carbocycles. The van der Waals surface area contributed by atoms with Crippen LogP contribution in [0.25, 0.3) is 12.2 Å². The molecule has 0 aliphatic heterocycles. The normalized spacial score (nSPS) is 21.8. The average molecular weight is 620 g/mol. The lowest BCUT2D eigenvalue weighted by Gasteiger charge is -2.44. The van der Waals surface area contributed by atoms with Gasteiger partial charge in [-0.3, -0.25) is 0 Å². The van der Waals surface area contributed by atoms with Crippen molar-refractivity contribution >= 4 is 30.1 Å². The molecule has 0 spiro atoms. The molecule has 1 fully saturated rings. The molecule has 0 aromatic heterocycles. The van der Waals surface area contributed by atoms with E-state index in [0.717, 1.165) is 35.3 Å². The number of carboxylic acids is 1. The van der Waals surface area contributed by atoms with Gasteiger partial charge in [0.25, 0.3) is 0 Å². The van der Waals surface area contributed by atoms with E-state index in [1.807, 2.05) is 0 Å². The van der Waals surface area contributed by atoms with Crippen LogP contribution in [0.3, 0.4) is 0 Å². The average Bonchev–Trinajstić information content (AvgIpc) is 2.92. The summed E-state index contributed by atoms with van der Waals surface area (Å²) in [6, 6.07) is 7.38. The summed E-state index contributed by atoms with van der Waals surface area (Å²) in [6.45, 7) is 1.11. The molecule has 240 valence electrons. The standard InChI is InChI=1S/C25H24O12.C5H14NO/c26-15-5-1-13(9-17(15)28)3-7-21(31)36-20-12-25(24(34)35,11-19(30)23(20)33)37-22(32)8-4-14-2-6-16(27)18(29)10-14;1-6(2,3)4-5-7/h1-10,19-20,23,26-30,33H,11-12H2,(H,34,35);7H,4-5H2,1-3H3/q;+1/p-1/b7-3+,8-4+;. The number of esters is 2. The quantitative estimate of drug-likeness (QED) is 0.0803. The molecule has 44 heavy (non-hydrogen) atoms. The van der Waals surface area contributed by atoms with Gasteiger partial charge in [0.05, 0.1) is 39.8 Å². The van der Waals surface area contributed by atoms with E-state index in [4.69, 9.17) is 14.6 Å². The van der Waals surface area contributed by atoms with Crippen molar-refractivity contribution in [2.24, 2.45) is 0 Å². The number of benzene rings is 2. The minimum Gasteiger partial charge on any atom is -0.546 e. The summed E-state index contributed by atoms with van der Waals surface area (Å²) in [6.07, 6.45) is -2.40. The Morgan fingerprint density at radius 3 is 1.77 bits per heavy atom. The molecule has 0 amide bonds. The summed E-state index contributed by atoms with van der Waals surface area (Å²) in [7, 11) is 6.16.